The van der Waals surface area contributed by atoms with Gasteiger partial charge in [-0.2, -0.15) is 0 Å². The highest BCUT2D eigenvalue weighted by molar-refractivity contribution is 5.98. The maximum absolute atomic E-state index is 11.7. The Morgan fingerprint density at radius 2 is 2.22 bits per heavy atom. The third-order valence-electron chi connectivity index (χ3n) is 2.09. The van der Waals surface area contributed by atoms with Crippen LogP contribution in [0, 0.1) is 0 Å². The number of hydrogen-bond acceptors (Lipinski definition) is 4. The first-order valence-corrected chi connectivity index (χ1v) is 5.24. The van der Waals surface area contributed by atoms with Gasteiger partial charge < -0.3 is 20.9 Å². The molecule has 0 aromatic heterocycles. The topological polar surface area (TPSA) is 84.6 Å². The predicted octanol–water partition coefficient (Wildman–Crippen LogP) is 0.986. The summed E-state index contributed by atoms with van der Waals surface area (Å²) in [6.07, 6.45) is -2.53. The third kappa shape index (κ3) is 4.17. The van der Waals surface area contributed by atoms with Gasteiger partial charge >= 0.3 is 0 Å². The molecule has 0 aliphatic rings. The highest BCUT2D eigenvalue weighted by Crippen LogP contribution is 2.23. The van der Waals surface area contributed by atoms with Crippen LogP contribution in [0.1, 0.15) is 10.4 Å². The van der Waals surface area contributed by atoms with E-state index in [9.17, 15) is 18.7 Å². The standard InChI is InChI=1S/C11H14F2N2O3/c12-9(13)6-18-5-4-15-11(17)7-2-1-3-8(14)10(7)16/h1-3,9,16H,4-6,14H2,(H,15,17). The van der Waals surface area contributed by atoms with Crippen molar-refractivity contribution in [2.45, 2.75) is 6.43 Å². The highest BCUT2D eigenvalue weighted by Gasteiger charge is 2.12. The first-order valence-electron chi connectivity index (χ1n) is 5.24. The van der Waals surface area contributed by atoms with Crippen LogP contribution < -0.4 is 11.1 Å². The molecule has 1 rings (SSSR count). The summed E-state index contributed by atoms with van der Waals surface area (Å²) in [6, 6.07) is 4.39. The van der Waals surface area contributed by atoms with Crippen LogP contribution in [0.15, 0.2) is 18.2 Å². The molecular formula is C11H14F2N2O3. The summed E-state index contributed by atoms with van der Waals surface area (Å²) in [5, 5.41) is 11.9. The molecule has 1 aromatic carbocycles. The molecule has 1 aromatic rings. The summed E-state index contributed by atoms with van der Waals surface area (Å²) in [4.78, 5) is 11.6. The molecule has 100 valence electrons. The SMILES string of the molecule is Nc1cccc(C(=O)NCCOCC(F)F)c1O. The van der Waals surface area contributed by atoms with Crippen molar-refractivity contribution in [2.24, 2.45) is 0 Å². The van der Waals surface area contributed by atoms with Gasteiger partial charge in [0.25, 0.3) is 12.3 Å². The zero-order valence-corrected chi connectivity index (χ0v) is 9.53. The summed E-state index contributed by atoms with van der Waals surface area (Å²) in [5.74, 6) is -0.844. The van der Waals surface area contributed by atoms with E-state index < -0.39 is 18.9 Å². The molecule has 0 aliphatic heterocycles. The van der Waals surface area contributed by atoms with Crippen molar-refractivity contribution in [2.75, 3.05) is 25.5 Å². The molecule has 0 bridgehead atoms. The number of amides is 1. The minimum absolute atomic E-state index is 0.0286. The van der Waals surface area contributed by atoms with E-state index in [1.165, 1.54) is 18.2 Å². The van der Waals surface area contributed by atoms with Crippen LogP contribution >= 0.6 is 0 Å². The lowest BCUT2D eigenvalue weighted by Gasteiger charge is -2.08. The van der Waals surface area contributed by atoms with Gasteiger partial charge in [-0.25, -0.2) is 8.78 Å². The molecule has 0 fully saturated rings. The number of phenols is 1. The van der Waals surface area contributed by atoms with Crippen molar-refractivity contribution >= 4 is 11.6 Å². The van der Waals surface area contributed by atoms with Gasteiger partial charge in [0.15, 0.2) is 5.75 Å². The summed E-state index contributed by atoms with van der Waals surface area (Å²) < 4.78 is 28.0. The van der Waals surface area contributed by atoms with E-state index in [2.05, 4.69) is 10.1 Å². The molecule has 0 atom stereocenters. The smallest absolute Gasteiger partial charge is 0.261 e. The van der Waals surface area contributed by atoms with Gasteiger partial charge in [-0.15, -0.1) is 0 Å². The molecule has 0 heterocycles. The van der Waals surface area contributed by atoms with Gasteiger partial charge in [0.2, 0.25) is 0 Å². The van der Waals surface area contributed by atoms with Gasteiger partial charge in [-0.1, -0.05) is 6.07 Å². The van der Waals surface area contributed by atoms with Crippen LogP contribution in [0.25, 0.3) is 0 Å². The van der Waals surface area contributed by atoms with E-state index in [-0.39, 0.29) is 30.2 Å². The molecule has 7 heteroatoms. The van der Waals surface area contributed by atoms with Gasteiger partial charge in [-0.3, -0.25) is 4.79 Å². The van der Waals surface area contributed by atoms with Crippen LogP contribution in [0.4, 0.5) is 14.5 Å². The summed E-state index contributed by atoms with van der Waals surface area (Å²) in [6.45, 7) is -0.627. The molecule has 0 unspecified atom stereocenters. The molecule has 0 saturated carbocycles. The number of nitrogens with two attached hydrogens (primary N) is 1. The molecular weight excluding hydrogens is 246 g/mol. The Labute approximate surface area is 103 Å². The maximum atomic E-state index is 11.7. The maximum Gasteiger partial charge on any atom is 0.261 e. The van der Waals surface area contributed by atoms with Crippen molar-refractivity contribution < 1.29 is 23.4 Å². The molecule has 0 spiro atoms. The number of carbonyl (C=O) groups excluding carboxylic acids is 1. The fraction of sp³-hybridized carbons (Fsp3) is 0.364. The number of alkyl halides is 2. The fourth-order valence-electron chi connectivity index (χ4n) is 1.25. The second-order valence-electron chi connectivity index (χ2n) is 3.47. The third-order valence-corrected chi connectivity index (χ3v) is 2.09. The summed E-state index contributed by atoms with van der Waals surface area (Å²) >= 11 is 0. The predicted molar refractivity (Wildman–Crippen MR) is 61.7 cm³/mol. The van der Waals surface area contributed by atoms with E-state index >= 15 is 0 Å². The largest absolute Gasteiger partial charge is 0.505 e. The first-order chi connectivity index (χ1) is 8.52. The molecule has 18 heavy (non-hydrogen) atoms. The lowest BCUT2D eigenvalue weighted by molar-refractivity contribution is 0.0188. The number of hydrogen-bond donors (Lipinski definition) is 3. The Balaban J connectivity index is 2.39. The van der Waals surface area contributed by atoms with Crippen molar-refractivity contribution in [3.05, 3.63) is 23.8 Å². The number of ether oxygens (including phenoxy) is 1. The quantitative estimate of drug-likeness (QED) is 0.404. The first kappa shape index (κ1) is 14.2. The zero-order chi connectivity index (χ0) is 13.5. The van der Waals surface area contributed by atoms with E-state index in [1.807, 2.05) is 0 Å². The van der Waals surface area contributed by atoms with E-state index in [4.69, 9.17) is 5.73 Å². The molecule has 0 aliphatic carbocycles. The van der Waals surface area contributed by atoms with Gasteiger partial charge in [0.1, 0.15) is 6.61 Å². The number of carbonyl (C=O) groups is 1. The molecule has 5 nitrogen and oxygen atoms in total. The van der Waals surface area contributed by atoms with Crippen LogP contribution in [-0.4, -0.2) is 37.2 Å². The van der Waals surface area contributed by atoms with Crippen molar-refractivity contribution in [3.63, 3.8) is 0 Å². The minimum atomic E-state index is -2.53. The number of benzene rings is 1. The molecule has 0 radical (unpaired) electrons. The Morgan fingerprint density at radius 3 is 2.89 bits per heavy atom. The number of anilines is 1. The van der Waals surface area contributed by atoms with Crippen LogP contribution in [0.5, 0.6) is 5.75 Å². The Hall–Kier alpha value is -1.89. The molecule has 4 N–H and O–H groups in total. The monoisotopic (exact) mass is 260 g/mol. The number of halogens is 2. The van der Waals surface area contributed by atoms with E-state index in [0.29, 0.717) is 0 Å². The number of rotatable bonds is 6. The number of para-hydroxylation sites is 1. The highest BCUT2D eigenvalue weighted by atomic mass is 19.3. The lowest BCUT2D eigenvalue weighted by Crippen LogP contribution is -2.28. The van der Waals surface area contributed by atoms with Crippen molar-refractivity contribution in [3.8, 4) is 5.75 Å². The van der Waals surface area contributed by atoms with Crippen LogP contribution in [0.2, 0.25) is 0 Å². The van der Waals surface area contributed by atoms with Gasteiger partial charge in [-0.05, 0) is 12.1 Å². The van der Waals surface area contributed by atoms with Crippen LogP contribution in [0.3, 0.4) is 0 Å². The molecule has 1 amide bonds. The average molecular weight is 260 g/mol. The number of nitrogen functional groups attached to an aromatic ring is 1. The van der Waals surface area contributed by atoms with Crippen molar-refractivity contribution in [1.82, 2.24) is 5.32 Å². The normalized spacial score (nSPS) is 10.6. The van der Waals surface area contributed by atoms with Crippen molar-refractivity contribution in [1.29, 1.82) is 0 Å². The zero-order valence-electron chi connectivity index (χ0n) is 9.53. The Morgan fingerprint density at radius 1 is 1.50 bits per heavy atom. The van der Waals surface area contributed by atoms with Crippen LogP contribution in [-0.2, 0) is 4.74 Å². The number of phenolic OH excluding ortho intramolecular Hbond substituents is 1. The average Bonchev–Trinajstić information content (AvgIpc) is 2.31. The second kappa shape index (κ2) is 6.75. The van der Waals surface area contributed by atoms with Gasteiger partial charge in [0, 0.05) is 6.54 Å². The lowest BCUT2D eigenvalue weighted by atomic mass is 10.1. The molecule has 0 saturated heterocycles. The Bertz CT molecular complexity index is 413. The van der Waals surface area contributed by atoms with Gasteiger partial charge in [0.05, 0.1) is 17.9 Å². The Kier molecular flexibility index (Phi) is 5.31. The summed E-state index contributed by atoms with van der Waals surface area (Å²) in [7, 11) is 0. The number of aromatic hydroxyl groups is 1. The van der Waals surface area contributed by atoms with E-state index in [1.54, 1.807) is 0 Å². The fourth-order valence-corrected chi connectivity index (χ4v) is 1.25. The summed E-state index contributed by atoms with van der Waals surface area (Å²) in [5.41, 5.74) is 5.56. The van der Waals surface area contributed by atoms with E-state index in [0.717, 1.165) is 0 Å². The number of nitrogens with one attached hydrogen (secondary N) is 1. The minimum Gasteiger partial charge on any atom is -0.505 e. The second-order valence-corrected chi connectivity index (χ2v) is 3.47.